The third-order valence-electron chi connectivity index (χ3n) is 4.92. The van der Waals surface area contributed by atoms with Crippen molar-refractivity contribution in [2.45, 2.75) is 6.92 Å². The maximum Gasteiger partial charge on any atom is 0.338 e. The van der Waals surface area contributed by atoms with Crippen LogP contribution in [0.5, 0.6) is 0 Å². The smallest absolute Gasteiger partial charge is 0.338 e. The third-order valence-corrected chi connectivity index (χ3v) is 4.92. The van der Waals surface area contributed by atoms with E-state index in [1.54, 1.807) is 65.3 Å². The second kappa shape index (κ2) is 9.75. The van der Waals surface area contributed by atoms with E-state index in [0.717, 1.165) is 0 Å². The molecule has 1 aliphatic rings. The second-order valence-electron chi connectivity index (χ2n) is 7.00. The van der Waals surface area contributed by atoms with E-state index in [9.17, 15) is 14.4 Å². The topological polar surface area (TPSA) is 129 Å². The summed E-state index contributed by atoms with van der Waals surface area (Å²) in [5.41, 5.74) is 7.38. The Morgan fingerprint density at radius 1 is 0.968 bits per heavy atom. The Morgan fingerprint density at radius 2 is 1.58 bits per heavy atom. The van der Waals surface area contributed by atoms with Gasteiger partial charge in [0.25, 0.3) is 5.91 Å². The fraction of sp³-hybridized carbons (Fsp3) is 0.273. The second-order valence-corrected chi connectivity index (χ2v) is 7.00. The molecule has 1 saturated heterocycles. The number of piperazine rings is 1. The first-order chi connectivity index (χ1) is 14.9. The number of rotatable bonds is 5. The largest absolute Gasteiger partial charge is 0.462 e. The molecule has 1 aliphatic heterocycles. The zero-order valence-electron chi connectivity index (χ0n) is 17.3. The van der Waals surface area contributed by atoms with E-state index < -0.39 is 5.97 Å². The van der Waals surface area contributed by atoms with Crippen LogP contribution in [-0.4, -0.2) is 66.3 Å². The highest BCUT2D eigenvalue weighted by atomic mass is 16.5. The van der Waals surface area contributed by atoms with E-state index >= 15 is 0 Å². The van der Waals surface area contributed by atoms with Crippen LogP contribution in [0.4, 0.5) is 10.5 Å². The molecule has 9 nitrogen and oxygen atoms in total. The fourth-order valence-electron chi connectivity index (χ4n) is 3.23. The molecule has 0 aliphatic carbocycles. The molecule has 1 heterocycles. The van der Waals surface area contributed by atoms with Gasteiger partial charge >= 0.3 is 12.0 Å². The molecule has 0 aromatic heterocycles. The molecule has 2 aromatic rings. The Bertz CT molecular complexity index is 982. The molecule has 4 N–H and O–H groups in total. The Labute approximate surface area is 180 Å². The number of nitrogens with two attached hydrogens (primary N) is 1. The molecule has 2 aromatic carbocycles. The predicted molar refractivity (Wildman–Crippen MR) is 116 cm³/mol. The van der Waals surface area contributed by atoms with Gasteiger partial charge in [-0.1, -0.05) is 18.2 Å². The van der Waals surface area contributed by atoms with E-state index in [1.165, 1.54) is 0 Å². The molecule has 3 rings (SSSR count). The van der Waals surface area contributed by atoms with E-state index in [2.05, 4.69) is 5.32 Å². The summed E-state index contributed by atoms with van der Waals surface area (Å²) in [7, 11) is 0. The number of carbonyl (C=O) groups is 3. The standard InChI is InChI=1S/C22H25N5O4/c1-2-31-21(29)17-4-3-5-18(14-17)25-22(30)27-12-10-26(11-13-27)20(28)16-8-6-15(7-9-16)19(23)24/h3-9,14H,2,10-13H2,1H3,(H3,23,24)(H,25,30). The number of nitrogen functional groups attached to an aromatic ring is 1. The fourth-order valence-corrected chi connectivity index (χ4v) is 3.23. The number of esters is 1. The van der Waals surface area contributed by atoms with Crippen LogP contribution in [0.2, 0.25) is 0 Å². The average molecular weight is 423 g/mol. The first-order valence-corrected chi connectivity index (χ1v) is 9.96. The van der Waals surface area contributed by atoms with Gasteiger partial charge in [0, 0.05) is 43.0 Å². The zero-order chi connectivity index (χ0) is 22.4. The Hall–Kier alpha value is -3.88. The minimum Gasteiger partial charge on any atom is -0.462 e. The number of urea groups is 1. The van der Waals surface area contributed by atoms with Crippen molar-refractivity contribution < 1.29 is 19.1 Å². The molecule has 162 valence electrons. The highest BCUT2D eigenvalue weighted by Crippen LogP contribution is 2.15. The number of carbonyl (C=O) groups excluding carboxylic acids is 3. The number of benzene rings is 2. The third kappa shape index (κ3) is 5.39. The summed E-state index contributed by atoms with van der Waals surface area (Å²) in [5.74, 6) is -0.620. The molecule has 0 bridgehead atoms. The zero-order valence-corrected chi connectivity index (χ0v) is 17.3. The van der Waals surface area contributed by atoms with E-state index in [4.69, 9.17) is 15.9 Å². The normalized spacial score (nSPS) is 13.5. The minimum absolute atomic E-state index is 0.0496. The van der Waals surface area contributed by atoms with Crippen LogP contribution >= 0.6 is 0 Å². The van der Waals surface area contributed by atoms with Gasteiger partial charge in [-0.25, -0.2) is 9.59 Å². The van der Waals surface area contributed by atoms with Crippen molar-refractivity contribution in [3.8, 4) is 0 Å². The lowest BCUT2D eigenvalue weighted by Crippen LogP contribution is -2.51. The van der Waals surface area contributed by atoms with E-state index in [-0.39, 0.29) is 24.4 Å². The van der Waals surface area contributed by atoms with Crippen LogP contribution in [0.25, 0.3) is 0 Å². The molecule has 0 spiro atoms. The number of hydrogen-bond acceptors (Lipinski definition) is 5. The molecular weight excluding hydrogens is 398 g/mol. The molecule has 0 atom stereocenters. The summed E-state index contributed by atoms with van der Waals surface area (Å²) in [5, 5.41) is 10.2. The van der Waals surface area contributed by atoms with Crippen molar-refractivity contribution in [1.29, 1.82) is 5.41 Å². The van der Waals surface area contributed by atoms with Gasteiger partial charge in [-0.05, 0) is 37.3 Å². The van der Waals surface area contributed by atoms with Gasteiger partial charge in [0.15, 0.2) is 0 Å². The number of nitrogens with zero attached hydrogens (tertiary/aromatic N) is 2. The molecule has 3 amide bonds. The Kier molecular flexibility index (Phi) is 6.86. The summed E-state index contributed by atoms with van der Waals surface area (Å²) < 4.78 is 4.98. The van der Waals surface area contributed by atoms with Crippen LogP contribution in [0.15, 0.2) is 48.5 Å². The van der Waals surface area contributed by atoms with Gasteiger partial charge in [-0.15, -0.1) is 0 Å². The number of hydrogen-bond donors (Lipinski definition) is 3. The van der Waals surface area contributed by atoms with Crippen molar-refractivity contribution >= 4 is 29.4 Å². The molecule has 0 unspecified atom stereocenters. The Morgan fingerprint density at radius 3 is 2.19 bits per heavy atom. The van der Waals surface area contributed by atoms with Gasteiger partial charge in [0.05, 0.1) is 12.2 Å². The first kappa shape index (κ1) is 21.8. The van der Waals surface area contributed by atoms with Crippen molar-refractivity contribution in [2.75, 3.05) is 38.1 Å². The summed E-state index contributed by atoms with van der Waals surface area (Å²) in [4.78, 5) is 40.4. The van der Waals surface area contributed by atoms with Crippen LogP contribution in [0, 0.1) is 5.41 Å². The first-order valence-electron chi connectivity index (χ1n) is 9.96. The van der Waals surface area contributed by atoms with Crippen molar-refractivity contribution in [1.82, 2.24) is 9.80 Å². The minimum atomic E-state index is -0.443. The van der Waals surface area contributed by atoms with Gasteiger partial charge in [-0.2, -0.15) is 0 Å². The lowest BCUT2D eigenvalue weighted by molar-refractivity contribution is 0.0526. The van der Waals surface area contributed by atoms with Gasteiger partial charge in [0.2, 0.25) is 0 Å². The number of anilines is 1. The van der Waals surface area contributed by atoms with Crippen molar-refractivity contribution in [3.05, 3.63) is 65.2 Å². The maximum absolute atomic E-state index is 12.7. The van der Waals surface area contributed by atoms with Crippen LogP contribution < -0.4 is 11.1 Å². The summed E-state index contributed by atoms with van der Waals surface area (Å²) >= 11 is 0. The van der Waals surface area contributed by atoms with Crippen LogP contribution in [0.3, 0.4) is 0 Å². The summed E-state index contributed by atoms with van der Waals surface area (Å²) in [6.07, 6.45) is 0. The van der Waals surface area contributed by atoms with Crippen molar-refractivity contribution in [3.63, 3.8) is 0 Å². The molecule has 1 fully saturated rings. The quantitative estimate of drug-likeness (QED) is 0.385. The molecule has 9 heteroatoms. The van der Waals surface area contributed by atoms with Crippen LogP contribution in [0.1, 0.15) is 33.2 Å². The number of amides is 3. The summed E-state index contributed by atoms with van der Waals surface area (Å²) in [6, 6.07) is 12.9. The summed E-state index contributed by atoms with van der Waals surface area (Å²) in [6.45, 7) is 3.60. The van der Waals surface area contributed by atoms with Gasteiger partial charge in [0.1, 0.15) is 5.84 Å². The van der Waals surface area contributed by atoms with Gasteiger partial charge < -0.3 is 25.6 Å². The number of amidine groups is 1. The highest BCUT2D eigenvalue weighted by molar-refractivity contribution is 5.98. The van der Waals surface area contributed by atoms with Crippen LogP contribution in [-0.2, 0) is 4.74 Å². The monoisotopic (exact) mass is 423 g/mol. The average Bonchev–Trinajstić information content (AvgIpc) is 2.79. The molecule has 31 heavy (non-hydrogen) atoms. The van der Waals surface area contributed by atoms with Crippen molar-refractivity contribution in [2.24, 2.45) is 5.73 Å². The number of ether oxygens (including phenoxy) is 1. The van der Waals surface area contributed by atoms with Gasteiger partial charge in [-0.3, -0.25) is 10.2 Å². The lowest BCUT2D eigenvalue weighted by Gasteiger charge is -2.34. The molecule has 0 saturated carbocycles. The SMILES string of the molecule is CCOC(=O)c1cccc(NC(=O)N2CCN(C(=O)c3ccc(C(=N)N)cc3)CC2)c1. The van der Waals surface area contributed by atoms with E-state index in [1.807, 2.05) is 0 Å². The Balaban J connectivity index is 1.55. The molecule has 0 radical (unpaired) electrons. The number of nitrogens with one attached hydrogen (secondary N) is 2. The maximum atomic E-state index is 12.7. The van der Waals surface area contributed by atoms with E-state index in [0.29, 0.717) is 48.6 Å². The highest BCUT2D eigenvalue weighted by Gasteiger charge is 2.25. The predicted octanol–water partition coefficient (Wildman–Crippen LogP) is 2.14. The lowest BCUT2D eigenvalue weighted by atomic mass is 10.1. The molecular formula is C22H25N5O4.